The molecule has 2 saturated heterocycles. The van der Waals surface area contributed by atoms with Gasteiger partial charge in [-0.25, -0.2) is 0 Å². The summed E-state index contributed by atoms with van der Waals surface area (Å²) in [6.07, 6.45) is 2.82. The van der Waals surface area contributed by atoms with E-state index in [0.29, 0.717) is 35.0 Å². The molecule has 7 heteroatoms. The van der Waals surface area contributed by atoms with Crippen LogP contribution in [0.4, 0.5) is 0 Å². The molecule has 0 unspecified atom stereocenters. The van der Waals surface area contributed by atoms with Crippen molar-refractivity contribution in [1.82, 2.24) is 14.7 Å². The van der Waals surface area contributed by atoms with E-state index in [1.165, 1.54) is 4.90 Å². The fourth-order valence-corrected chi connectivity index (χ4v) is 4.66. The van der Waals surface area contributed by atoms with Gasteiger partial charge in [0.15, 0.2) is 0 Å². The first-order chi connectivity index (χ1) is 15.1. The zero-order valence-electron chi connectivity index (χ0n) is 18.6. The van der Waals surface area contributed by atoms with E-state index >= 15 is 0 Å². The van der Waals surface area contributed by atoms with Crippen LogP contribution in [0.3, 0.4) is 0 Å². The maximum Gasteiger partial charge on any atom is 0.277 e. The molecule has 0 aromatic heterocycles. The molecule has 2 fully saturated rings. The van der Waals surface area contributed by atoms with Gasteiger partial charge in [-0.1, -0.05) is 25.1 Å². The van der Waals surface area contributed by atoms with E-state index in [1.807, 2.05) is 24.3 Å². The van der Waals surface area contributed by atoms with Gasteiger partial charge in [0.1, 0.15) is 11.4 Å². The number of carbonyl (C=O) groups is 2. The summed E-state index contributed by atoms with van der Waals surface area (Å²) in [5.41, 5.74) is 1.74. The second-order valence-corrected chi connectivity index (χ2v) is 8.66. The van der Waals surface area contributed by atoms with Gasteiger partial charge in [-0.3, -0.25) is 19.4 Å². The topological polar surface area (TPSA) is 62.3 Å². The molecule has 3 aliphatic rings. The number of rotatable bonds is 7. The van der Waals surface area contributed by atoms with Crippen LogP contribution in [0.2, 0.25) is 0 Å². The van der Waals surface area contributed by atoms with Gasteiger partial charge in [-0.15, -0.1) is 0 Å². The highest BCUT2D eigenvalue weighted by molar-refractivity contribution is 6.36. The molecule has 31 heavy (non-hydrogen) atoms. The van der Waals surface area contributed by atoms with Gasteiger partial charge in [-0.05, 0) is 31.2 Å². The number of imide groups is 1. The van der Waals surface area contributed by atoms with E-state index in [0.717, 1.165) is 65.2 Å². The number of nitrogens with zero attached hydrogens (tertiary/aromatic N) is 3. The summed E-state index contributed by atoms with van der Waals surface area (Å²) in [6.45, 7) is 8.45. The molecule has 3 aliphatic heterocycles. The second kappa shape index (κ2) is 9.83. The number of carbonyl (C=O) groups excluding carboxylic acids is 2. The van der Waals surface area contributed by atoms with Gasteiger partial charge in [0.05, 0.1) is 25.9 Å². The highest BCUT2D eigenvalue weighted by Crippen LogP contribution is 2.37. The van der Waals surface area contributed by atoms with Crippen LogP contribution in [-0.4, -0.2) is 86.1 Å². The average Bonchev–Trinajstić information content (AvgIpc) is 3.05. The maximum atomic E-state index is 13.5. The molecule has 2 amide bonds. The Bertz CT molecular complexity index is 839. The van der Waals surface area contributed by atoms with Crippen molar-refractivity contribution in [2.75, 3.05) is 59.6 Å². The lowest BCUT2D eigenvalue weighted by Gasteiger charge is -2.33. The summed E-state index contributed by atoms with van der Waals surface area (Å²) in [7, 11) is 1.60. The van der Waals surface area contributed by atoms with Crippen molar-refractivity contribution in [2.45, 2.75) is 26.2 Å². The monoisotopic (exact) mass is 427 g/mol. The number of hydrogen-bond donors (Lipinski definition) is 0. The van der Waals surface area contributed by atoms with Crippen LogP contribution in [0.1, 0.15) is 31.7 Å². The third kappa shape index (κ3) is 4.62. The third-order valence-electron chi connectivity index (χ3n) is 6.58. The summed E-state index contributed by atoms with van der Waals surface area (Å²) < 4.78 is 10.9. The van der Waals surface area contributed by atoms with Crippen LogP contribution >= 0.6 is 0 Å². The Kier molecular flexibility index (Phi) is 6.92. The lowest BCUT2D eigenvalue weighted by Crippen LogP contribution is -2.41. The molecule has 0 spiro atoms. The van der Waals surface area contributed by atoms with Crippen LogP contribution in [0.25, 0.3) is 5.57 Å². The van der Waals surface area contributed by atoms with Gasteiger partial charge in [0.25, 0.3) is 11.8 Å². The molecule has 4 rings (SSSR count). The fourth-order valence-electron chi connectivity index (χ4n) is 4.66. The number of morpholine rings is 1. The van der Waals surface area contributed by atoms with E-state index in [1.54, 1.807) is 7.11 Å². The summed E-state index contributed by atoms with van der Waals surface area (Å²) >= 11 is 0. The van der Waals surface area contributed by atoms with E-state index in [4.69, 9.17) is 9.47 Å². The van der Waals surface area contributed by atoms with Crippen LogP contribution < -0.4 is 4.74 Å². The molecule has 168 valence electrons. The molecule has 1 aromatic carbocycles. The number of para-hydroxylation sites is 1. The smallest absolute Gasteiger partial charge is 0.277 e. The van der Waals surface area contributed by atoms with E-state index in [-0.39, 0.29) is 11.8 Å². The maximum absolute atomic E-state index is 13.5. The number of piperidine rings is 1. The van der Waals surface area contributed by atoms with Crippen molar-refractivity contribution in [1.29, 1.82) is 0 Å². The largest absolute Gasteiger partial charge is 0.496 e. The molecule has 0 aliphatic carbocycles. The minimum atomic E-state index is -0.204. The van der Waals surface area contributed by atoms with Crippen LogP contribution in [0.15, 0.2) is 30.0 Å². The predicted octanol–water partition coefficient (Wildman–Crippen LogP) is 2.23. The Morgan fingerprint density at radius 1 is 1.00 bits per heavy atom. The molecule has 0 N–H and O–H groups in total. The highest BCUT2D eigenvalue weighted by atomic mass is 16.5. The molecule has 0 saturated carbocycles. The lowest BCUT2D eigenvalue weighted by molar-refractivity contribution is -0.137. The number of hydrogen-bond acceptors (Lipinski definition) is 6. The minimum absolute atomic E-state index is 0.164. The number of likely N-dealkylation sites (tertiary alicyclic amines) is 1. The summed E-state index contributed by atoms with van der Waals surface area (Å²) in [5.74, 6) is 0.896. The van der Waals surface area contributed by atoms with Crippen molar-refractivity contribution in [2.24, 2.45) is 5.92 Å². The first kappa shape index (κ1) is 21.8. The Balaban J connectivity index is 1.57. The molecule has 7 nitrogen and oxygen atoms in total. The summed E-state index contributed by atoms with van der Waals surface area (Å²) in [5, 5.41) is 0. The second-order valence-electron chi connectivity index (χ2n) is 8.66. The van der Waals surface area contributed by atoms with Crippen molar-refractivity contribution in [3.8, 4) is 5.75 Å². The summed E-state index contributed by atoms with van der Waals surface area (Å²) in [6, 6.07) is 7.49. The molecule has 1 aromatic rings. The van der Waals surface area contributed by atoms with Gasteiger partial charge >= 0.3 is 0 Å². The molecular formula is C24H33N3O4. The zero-order chi connectivity index (χ0) is 21.8. The van der Waals surface area contributed by atoms with Gasteiger partial charge in [0.2, 0.25) is 0 Å². The van der Waals surface area contributed by atoms with Crippen molar-refractivity contribution in [3.63, 3.8) is 0 Å². The Morgan fingerprint density at radius 3 is 2.42 bits per heavy atom. The van der Waals surface area contributed by atoms with E-state index < -0.39 is 0 Å². The molecule has 0 atom stereocenters. The Hall–Kier alpha value is -2.38. The first-order valence-electron chi connectivity index (χ1n) is 11.4. The Labute approximate surface area is 184 Å². The fraction of sp³-hybridized carbons (Fsp3) is 0.583. The number of amides is 2. The van der Waals surface area contributed by atoms with E-state index in [9.17, 15) is 9.59 Å². The van der Waals surface area contributed by atoms with Crippen LogP contribution in [0, 0.1) is 5.92 Å². The van der Waals surface area contributed by atoms with Gasteiger partial charge in [0, 0.05) is 44.8 Å². The molecule has 0 radical (unpaired) electrons. The van der Waals surface area contributed by atoms with Crippen molar-refractivity contribution in [3.05, 3.63) is 35.5 Å². The average molecular weight is 428 g/mol. The lowest BCUT2D eigenvalue weighted by atomic mass is 9.97. The Morgan fingerprint density at radius 2 is 1.71 bits per heavy atom. The van der Waals surface area contributed by atoms with Gasteiger partial charge in [-0.2, -0.15) is 0 Å². The van der Waals surface area contributed by atoms with Crippen LogP contribution in [0.5, 0.6) is 5.75 Å². The van der Waals surface area contributed by atoms with Crippen LogP contribution in [-0.2, 0) is 14.3 Å². The summed E-state index contributed by atoms with van der Waals surface area (Å²) in [4.78, 5) is 32.9. The first-order valence-corrected chi connectivity index (χ1v) is 11.4. The third-order valence-corrected chi connectivity index (χ3v) is 6.58. The quantitative estimate of drug-likeness (QED) is 0.622. The van der Waals surface area contributed by atoms with E-state index in [2.05, 4.69) is 16.7 Å². The molecule has 3 heterocycles. The number of benzene rings is 1. The molecular weight excluding hydrogens is 394 g/mol. The van der Waals surface area contributed by atoms with Gasteiger partial charge < -0.3 is 14.4 Å². The van der Waals surface area contributed by atoms with Crippen molar-refractivity contribution < 1.29 is 19.1 Å². The predicted molar refractivity (Wildman–Crippen MR) is 118 cm³/mol. The van der Waals surface area contributed by atoms with Crippen molar-refractivity contribution >= 4 is 17.4 Å². The molecule has 0 bridgehead atoms. The normalized spacial score (nSPS) is 21.4. The number of ether oxygens (including phenoxy) is 2. The highest BCUT2D eigenvalue weighted by Gasteiger charge is 2.42. The minimum Gasteiger partial charge on any atom is -0.496 e. The standard InChI is InChI=1S/C24H33N3O4/c1-18-8-12-26(13-9-18)22-21(19-6-3-4-7-20(19)30-2)23(28)27(24(22)29)11-5-10-25-14-16-31-17-15-25/h3-4,6-7,18H,5,8-17H2,1-2H3. The SMILES string of the molecule is COc1ccccc1C1=C(N2CCC(C)CC2)C(=O)N(CCCN2CCOCC2)C1=O. The number of methoxy groups -OCH3 is 1. The zero-order valence-corrected chi connectivity index (χ0v) is 18.6.